The number of carbonyl (C=O) groups is 1. The number of pyridine rings is 1. The Kier molecular flexibility index (Phi) is 4.37. The summed E-state index contributed by atoms with van der Waals surface area (Å²) < 4.78 is 4.83. The minimum Gasteiger partial charge on any atom is -0.383 e. The van der Waals surface area contributed by atoms with Crippen LogP contribution in [0.25, 0.3) is 10.9 Å². The van der Waals surface area contributed by atoms with Crippen LogP contribution in [0.5, 0.6) is 0 Å². The number of nitrogens with one attached hydrogen (secondary N) is 3. The van der Waals surface area contributed by atoms with Crippen molar-refractivity contribution in [2.75, 3.05) is 25.6 Å². The zero-order valence-corrected chi connectivity index (χ0v) is 11.4. The third kappa shape index (κ3) is 2.97. The molecular formula is C14H17N3O3. The molecule has 1 aromatic carbocycles. The summed E-state index contributed by atoms with van der Waals surface area (Å²) in [4.78, 5) is 26.9. The van der Waals surface area contributed by atoms with Crippen molar-refractivity contribution in [2.45, 2.75) is 6.92 Å². The van der Waals surface area contributed by atoms with Gasteiger partial charge >= 0.3 is 6.03 Å². The van der Waals surface area contributed by atoms with Crippen molar-refractivity contribution in [3.63, 3.8) is 0 Å². The van der Waals surface area contributed by atoms with E-state index in [9.17, 15) is 9.59 Å². The lowest BCUT2D eigenvalue weighted by molar-refractivity contribution is 0.198. The highest BCUT2D eigenvalue weighted by atomic mass is 16.5. The van der Waals surface area contributed by atoms with Gasteiger partial charge in [-0.2, -0.15) is 0 Å². The molecule has 6 heteroatoms. The predicted molar refractivity (Wildman–Crippen MR) is 78.2 cm³/mol. The van der Waals surface area contributed by atoms with Gasteiger partial charge < -0.3 is 20.4 Å². The molecule has 0 unspecified atom stereocenters. The van der Waals surface area contributed by atoms with Gasteiger partial charge in [-0.3, -0.25) is 4.79 Å². The monoisotopic (exact) mass is 275 g/mol. The molecule has 0 radical (unpaired) electrons. The number of methoxy groups -OCH3 is 1. The third-order valence-electron chi connectivity index (χ3n) is 2.96. The first-order chi connectivity index (χ1) is 9.63. The molecule has 20 heavy (non-hydrogen) atoms. The molecule has 0 saturated heterocycles. The Bertz CT molecular complexity index is 679. The maximum Gasteiger partial charge on any atom is 0.319 e. The minimum atomic E-state index is -0.431. The van der Waals surface area contributed by atoms with Crippen LogP contribution in [0, 0.1) is 6.92 Å². The molecule has 0 saturated carbocycles. The number of H-pyrrole nitrogens is 1. The fourth-order valence-electron chi connectivity index (χ4n) is 1.93. The van der Waals surface area contributed by atoms with Crippen molar-refractivity contribution >= 4 is 22.6 Å². The molecule has 2 amide bonds. The summed E-state index contributed by atoms with van der Waals surface area (Å²) in [5.74, 6) is 0. The Morgan fingerprint density at radius 2 is 2.20 bits per heavy atom. The van der Waals surface area contributed by atoms with E-state index in [1.54, 1.807) is 13.2 Å². The van der Waals surface area contributed by atoms with E-state index in [1.165, 1.54) is 6.20 Å². The first kappa shape index (κ1) is 14.1. The number of anilines is 1. The molecule has 0 atom stereocenters. The summed E-state index contributed by atoms with van der Waals surface area (Å²) >= 11 is 0. The van der Waals surface area contributed by atoms with Crippen LogP contribution in [0.1, 0.15) is 5.56 Å². The highest BCUT2D eigenvalue weighted by Gasteiger charge is 2.08. The Morgan fingerprint density at radius 1 is 1.40 bits per heavy atom. The second kappa shape index (κ2) is 6.21. The number of aromatic amines is 1. The summed E-state index contributed by atoms with van der Waals surface area (Å²) in [5, 5.41) is 5.68. The molecule has 0 aliphatic heterocycles. The number of carbonyl (C=O) groups excluding carboxylic acids is 1. The van der Waals surface area contributed by atoms with Crippen LogP contribution in [0.15, 0.2) is 29.2 Å². The zero-order chi connectivity index (χ0) is 14.5. The lowest BCUT2D eigenvalue weighted by Gasteiger charge is -2.08. The number of aryl methyl sites for hydroxylation is 1. The average molecular weight is 275 g/mol. The molecule has 0 aliphatic carbocycles. The molecule has 0 aliphatic rings. The molecule has 1 aromatic heterocycles. The predicted octanol–water partition coefficient (Wildman–Crippen LogP) is 1.60. The van der Waals surface area contributed by atoms with Crippen molar-refractivity contribution in [3.8, 4) is 0 Å². The Hall–Kier alpha value is -2.34. The summed E-state index contributed by atoms with van der Waals surface area (Å²) in [7, 11) is 1.55. The van der Waals surface area contributed by atoms with E-state index in [2.05, 4.69) is 15.6 Å². The van der Waals surface area contributed by atoms with Crippen molar-refractivity contribution in [1.29, 1.82) is 0 Å². The number of amides is 2. The number of urea groups is 1. The van der Waals surface area contributed by atoms with Gasteiger partial charge in [0.15, 0.2) is 0 Å². The topological polar surface area (TPSA) is 83.2 Å². The molecule has 0 fully saturated rings. The Balaban J connectivity index is 2.22. The number of hydrogen-bond acceptors (Lipinski definition) is 3. The molecule has 1 heterocycles. The van der Waals surface area contributed by atoms with Gasteiger partial charge in [0.25, 0.3) is 0 Å². The number of benzene rings is 1. The van der Waals surface area contributed by atoms with Gasteiger partial charge in [0.1, 0.15) is 5.69 Å². The fraction of sp³-hybridized carbons (Fsp3) is 0.286. The van der Waals surface area contributed by atoms with Crippen LogP contribution >= 0.6 is 0 Å². The smallest absolute Gasteiger partial charge is 0.319 e. The van der Waals surface area contributed by atoms with Crippen molar-refractivity contribution in [2.24, 2.45) is 0 Å². The second-order valence-corrected chi connectivity index (χ2v) is 4.40. The minimum absolute atomic E-state index is 0.204. The fourth-order valence-corrected chi connectivity index (χ4v) is 1.93. The van der Waals surface area contributed by atoms with Crippen molar-refractivity contribution in [1.82, 2.24) is 10.3 Å². The van der Waals surface area contributed by atoms with Gasteiger partial charge in [-0.05, 0) is 18.6 Å². The number of ether oxygens (including phenoxy) is 1. The van der Waals surface area contributed by atoms with E-state index < -0.39 is 6.03 Å². The third-order valence-corrected chi connectivity index (χ3v) is 2.96. The standard InChI is InChI=1S/C14H17N3O3/c1-9-4-3-5-10-12(9)16-8-11(13(10)18)17-14(19)15-6-7-20-2/h3-5,8H,6-7H2,1-2H3,(H,16,18)(H2,15,17,19). The summed E-state index contributed by atoms with van der Waals surface area (Å²) in [6, 6.07) is 5.03. The Morgan fingerprint density at radius 3 is 2.95 bits per heavy atom. The van der Waals surface area contributed by atoms with Crippen LogP contribution in [-0.4, -0.2) is 31.3 Å². The molecular weight excluding hydrogens is 258 g/mol. The highest BCUT2D eigenvalue weighted by Crippen LogP contribution is 2.14. The van der Waals surface area contributed by atoms with E-state index in [-0.39, 0.29) is 11.1 Å². The normalized spacial score (nSPS) is 10.5. The van der Waals surface area contributed by atoms with Crippen LogP contribution in [0.3, 0.4) is 0 Å². The molecule has 106 valence electrons. The van der Waals surface area contributed by atoms with Gasteiger partial charge in [-0.15, -0.1) is 0 Å². The molecule has 3 N–H and O–H groups in total. The molecule has 6 nitrogen and oxygen atoms in total. The van der Waals surface area contributed by atoms with Crippen molar-refractivity contribution < 1.29 is 9.53 Å². The number of para-hydroxylation sites is 1. The van der Waals surface area contributed by atoms with Gasteiger partial charge in [0.2, 0.25) is 5.43 Å². The maximum absolute atomic E-state index is 12.3. The van der Waals surface area contributed by atoms with Gasteiger partial charge in [0, 0.05) is 25.2 Å². The molecule has 0 spiro atoms. The SMILES string of the molecule is COCCNC(=O)Nc1c[nH]c2c(C)cccc2c1=O. The number of fused-ring (bicyclic) bond motifs is 1. The number of aromatic nitrogens is 1. The van der Waals surface area contributed by atoms with E-state index >= 15 is 0 Å². The highest BCUT2D eigenvalue weighted by molar-refractivity contribution is 5.92. The first-order valence-corrected chi connectivity index (χ1v) is 6.28. The quantitative estimate of drug-likeness (QED) is 0.741. The average Bonchev–Trinajstić information content (AvgIpc) is 2.43. The number of hydrogen-bond donors (Lipinski definition) is 3. The largest absolute Gasteiger partial charge is 0.383 e. The summed E-state index contributed by atoms with van der Waals surface area (Å²) in [5.41, 5.74) is 1.78. The zero-order valence-electron chi connectivity index (χ0n) is 11.4. The van der Waals surface area contributed by atoms with Crippen LogP contribution in [0.4, 0.5) is 10.5 Å². The van der Waals surface area contributed by atoms with Gasteiger partial charge in [0.05, 0.1) is 12.1 Å². The summed E-state index contributed by atoms with van der Waals surface area (Å²) in [6.45, 7) is 2.72. The number of rotatable bonds is 4. The van der Waals surface area contributed by atoms with Crippen LogP contribution in [-0.2, 0) is 4.74 Å². The van der Waals surface area contributed by atoms with E-state index in [0.717, 1.165) is 11.1 Å². The van der Waals surface area contributed by atoms with Crippen LogP contribution < -0.4 is 16.1 Å². The van der Waals surface area contributed by atoms with E-state index in [1.807, 2.05) is 19.1 Å². The van der Waals surface area contributed by atoms with Crippen LogP contribution in [0.2, 0.25) is 0 Å². The second-order valence-electron chi connectivity index (χ2n) is 4.40. The summed E-state index contributed by atoms with van der Waals surface area (Å²) in [6.07, 6.45) is 1.51. The lowest BCUT2D eigenvalue weighted by Crippen LogP contribution is -2.33. The molecule has 2 rings (SSSR count). The Labute approximate surface area is 116 Å². The van der Waals surface area contributed by atoms with Crippen molar-refractivity contribution in [3.05, 3.63) is 40.2 Å². The first-order valence-electron chi connectivity index (χ1n) is 6.28. The lowest BCUT2D eigenvalue weighted by atomic mass is 10.1. The maximum atomic E-state index is 12.3. The van der Waals surface area contributed by atoms with E-state index in [4.69, 9.17) is 4.74 Å². The molecule has 2 aromatic rings. The van der Waals surface area contributed by atoms with Gasteiger partial charge in [-0.25, -0.2) is 4.79 Å². The van der Waals surface area contributed by atoms with E-state index in [0.29, 0.717) is 18.5 Å². The molecule has 0 bridgehead atoms. The van der Waals surface area contributed by atoms with Gasteiger partial charge in [-0.1, -0.05) is 12.1 Å².